The van der Waals surface area contributed by atoms with Crippen LogP contribution >= 0.6 is 12.4 Å². The number of hydrogen-bond acceptors (Lipinski definition) is 4. The minimum atomic E-state index is 0. The summed E-state index contributed by atoms with van der Waals surface area (Å²) in [7, 11) is 2.07. The van der Waals surface area contributed by atoms with Gasteiger partial charge in [-0.3, -0.25) is 9.58 Å². The monoisotopic (exact) mass is 338 g/mol. The summed E-state index contributed by atoms with van der Waals surface area (Å²) in [5, 5.41) is 8.12. The van der Waals surface area contributed by atoms with Crippen molar-refractivity contribution in [1.29, 1.82) is 0 Å². The Morgan fingerprint density at radius 2 is 2.17 bits per heavy atom. The lowest BCUT2D eigenvalue weighted by atomic mass is 10.1. The van der Waals surface area contributed by atoms with E-state index in [1.54, 1.807) is 0 Å². The number of aromatic nitrogens is 4. The van der Waals surface area contributed by atoms with Crippen LogP contribution in [0.3, 0.4) is 0 Å². The molecular weight excluding hydrogens is 312 g/mol. The normalized spacial score (nSPS) is 19.1. The summed E-state index contributed by atoms with van der Waals surface area (Å²) in [5.74, 6) is 1.13. The number of nitrogens with one attached hydrogen (secondary N) is 1. The molecule has 1 aliphatic rings. The van der Waals surface area contributed by atoms with Gasteiger partial charge < -0.3 is 9.88 Å². The number of halogens is 1. The molecule has 1 atom stereocenters. The molecule has 1 aliphatic heterocycles. The predicted octanol–water partition coefficient (Wildman–Crippen LogP) is 2.07. The van der Waals surface area contributed by atoms with Crippen molar-refractivity contribution in [3.63, 3.8) is 0 Å². The van der Waals surface area contributed by atoms with E-state index in [0.717, 1.165) is 37.7 Å². The second-order valence-electron chi connectivity index (χ2n) is 6.40. The zero-order valence-corrected chi connectivity index (χ0v) is 15.2. The maximum atomic E-state index is 4.63. The molecule has 23 heavy (non-hydrogen) atoms. The lowest BCUT2D eigenvalue weighted by Gasteiger charge is -2.35. The van der Waals surface area contributed by atoms with Crippen molar-refractivity contribution in [2.45, 2.75) is 39.4 Å². The van der Waals surface area contributed by atoms with E-state index < -0.39 is 0 Å². The Labute approximate surface area is 144 Å². The van der Waals surface area contributed by atoms with E-state index in [4.69, 9.17) is 0 Å². The maximum Gasteiger partial charge on any atom is 0.127 e. The molecule has 0 radical (unpaired) electrons. The maximum absolute atomic E-state index is 4.63. The molecule has 0 aromatic carbocycles. The van der Waals surface area contributed by atoms with Crippen LogP contribution in [0.5, 0.6) is 0 Å². The fraction of sp³-hybridized carbons (Fsp3) is 0.625. The molecule has 1 saturated heterocycles. The lowest BCUT2D eigenvalue weighted by molar-refractivity contribution is 0.144. The van der Waals surface area contributed by atoms with Gasteiger partial charge in [-0.2, -0.15) is 5.10 Å². The van der Waals surface area contributed by atoms with E-state index in [-0.39, 0.29) is 12.4 Å². The summed E-state index contributed by atoms with van der Waals surface area (Å²) < 4.78 is 4.18. The second kappa shape index (κ2) is 7.47. The first-order valence-corrected chi connectivity index (χ1v) is 8.03. The van der Waals surface area contributed by atoms with Gasteiger partial charge in [-0.05, 0) is 20.8 Å². The Kier molecular flexibility index (Phi) is 5.84. The fourth-order valence-electron chi connectivity index (χ4n) is 3.05. The Balaban J connectivity index is 0.00000192. The van der Waals surface area contributed by atoms with Gasteiger partial charge in [0, 0.05) is 63.4 Å². The Morgan fingerprint density at radius 1 is 1.39 bits per heavy atom. The van der Waals surface area contributed by atoms with Crippen molar-refractivity contribution < 1.29 is 0 Å². The number of hydrogen-bond donors (Lipinski definition) is 1. The molecule has 0 aliphatic carbocycles. The van der Waals surface area contributed by atoms with E-state index in [2.05, 4.69) is 63.6 Å². The number of rotatable bonds is 4. The van der Waals surface area contributed by atoms with Crippen molar-refractivity contribution in [1.82, 2.24) is 29.5 Å². The summed E-state index contributed by atoms with van der Waals surface area (Å²) >= 11 is 0. The van der Waals surface area contributed by atoms with E-state index in [1.807, 2.05) is 12.4 Å². The fourth-order valence-corrected chi connectivity index (χ4v) is 3.05. The molecular formula is C16H27ClN6. The molecule has 1 N–H and O–H groups in total. The van der Waals surface area contributed by atoms with Crippen molar-refractivity contribution in [3.8, 4) is 0 Å². The van der Waals surface area contributed by atoms with Crippen molar-refractivity contribution in [2.24, 2.45) is 7.05 Å². The topological polar surface area (TPSA) is 50.9 Å². The van der Waals surface area contributed by atoms with Crippen LogP contribution in [-0.2, 0) is 13.6 Å². The minimum Gasteiger partial charge on any atom is -0.337 e. The molecule has 0 amide bonds. The molecule has 1 unspecified atom stereocenters. The third-order valence-corrected chi connectivity index (χ3v) is 4.43. The number of imidazole rings is 1. The molecule has 1 fully saturated rings. The van der Waals surface area contributed by atoms with Crippen molar-refractivity contribution >= 4 is 12.4 Å². The highest BCUT2D eigenvalue weighted by atomic mass is 35.5. The smallest absolute Gasteiger partial charge is 0.127 e. The van der Waals surface area contributed by atoms with E-state index in [0.29, 0.717) is 12.1 Å². The van der Waals surface area contributed by atoms with Gasteiger partial charge in [-0.25, -0.2) is 4.98 Å². The third-order valence-electron chi connectivity index (χ3n) is 4.43. The zero-order valence-electron chi connectivity index (χ0n) is 14.4. The predicted molar refractivity (Wildman–Crippen MR) is 93.8 cm³/mol. The summed E-state index contributed by atoms with van der Waals surface area (Å²) in [4.78, 5) is 7.06. The Morgan fingerprint density at radius 3 is 2.78 bits per heavy atom. The van der Waals surface area contributed by atoms with Crippen LogP contribution in [0.15, 0.2) is 18.6 Å². The first-order chi connectivity index (χ1) is 10.6. The first kappa shape index (κ1) is 18.0. The molecule has 2 aromatic rings. The molecule has 2 aromatic heterocycles. The largest absolute Gasteiger partial charge is 0.337 e. The van der Waals surface area contributed by atoms with Gasteiger partial charge in [-0.15, -0.1) is 12.4 Å². The molecule has 7 heteroatoms. The molecule has 3 heterocycles. The Hall–Kier alpha value is -1.37. The van der Waals surface area contributed by atoms with Gasteiger partial charge >= 0.3 is 0 Å². The van der Waals surface area contributed by atoms with Crippen LogP contribution in [-0.4, -0.2) is 43.9 Å². The van der Waals surface area contributed by atoms with Crippen LogP contribution in [0.1, 0.15) is 43.0 Å². The van der Waals surface area contributed by atoms with Gasteiger partial charge in [-0.1, -0.05) is 0 Å². The molecule has 0 bridgehead atoms. The molecule has 0 saturated carbocycles. The summed E-state index contributed by atoms with van der Waals surface area (Å²) in [6.07, 6.45) is 6.09. The number of aryl methyl sites for hydroxylation is 2. The first-order valence-electron chi connectivity index (χ1n) is 8.03. The van der Waals surface area contributed by atoms with Crippen LogP contribution in [0.25, 0.3) is 0 Å². The molecule has 0 spiro atoms. The quantitative estimate of drug-likeness (QED) is 0.927. The average Bonchev–Trinajstić information content (AvgIpc) is 3.07. The Bertz CT molecular complexity index is 632. The highest BCUT2D eigenvalue weighted by Crippen LogP contribution is 2.23. The second-order valence-corrected chi connectivity index (χ2v) is 6.40. The molecule has 128 valence electrons. The van der Waals surface area contributed by atoms with E-state index in [1.165, 1.54) is 5.56 Å². The number of piperazine rings is 1. The zero-order chi connectivity index (χ0) is 15.7. The summed E-state index contributed by atoms with van der Waals surface area (Å²) in [6, 6.07) is 0.719. The van der Waals surface area contributed by atoms with Gasteiger partial charge in [0.1, 0.15) is 5.82 Å². The summed E-state index contributed by atoms with van der Waals surface area (Å²) in [5.41, 5.74) is 2.45. The van der Waals surface area contributed by atoms with Gasteiger partial charge in [0.05, 0.1) is 11.7 Å². The lowest BCUT2D eigenvalue weighted by Crippen LogP contribution is -2.46. The van der Waals surface area contributed by atoms with Gasteiger partial charge in [0.15, 0.2) is 0 Å². The van der Waals surface area contributed by atoms with Crippen LogP contribution in [0, 0.1) is 6.92 Å². The highest BCUT2D eigenvalue weighted by molar-refractivity contribution is 5.85. The van der Waals surface area contributed by atoms with Crippen LogP contribution in [0.2, 0.25) is 0 Å². The van der Waals surface area contributed by atoms with Gasteiger partial charge in [0.2, 0.25) is 0 Å². The van der Waals surface area contributed by atoms with Crippen molar-refractivity contribution in [3.05, 3.63) is 35.7 Å². The average molecular weight is 339 g/mol. The van der Waals surface area contributed by atoms with Gasteiger partial charge in [0.25, 0.3) is 0 Å². The highest BCUT2D eigenvalue weighted by Gasteiger charge is 2.27. The van der Waals surface area contributed by atoms with E-state index in [9.17, 15) is 0 Å². The van der Waals surface area contributed by atoms with Crippen LogP contribution in [0.4, 0.5) is 0 Å². The summed E-state index contributed by atoms with van der Waals surface area (Å²) in [6.45, 7) is 10.4. The minimum absolute atomic E-state index is 0. The van der Waals surface area contributed by atoms with Crippen LogP contribution < -0.4 is 5.32 Å². The molecule has 3 rings (SSSR count). The molecule has 6 nitrogen and oxygen atoms in total. The van der Waals surface area contributed by atoms with E-state index >= 15 is 0 Å². The van der Waals surface area contributed by atoms with Crippen molar-refractivity contribution in [2.75, 3.05) is 19.6 Å². The SMILES string of the molecule is Cc1nn(C(C)C)cc1CN1CCNCC1c1nccn1C.Cl. The standard InChI is InChI=1S/C16H26N6.ClH/c1-12(2)22-11-14(13(3)19-22)10-21-8-5-17-9-15(21)16-18-6-7-20(16)4;/h6-7,11-12,15,17H,5,8-10H2,1-4H3;1H. The number of nitrogens with zero attached hydrogens (tertiary/aromatic N) is 5. The third kappa shape index (κ3) is 3.76.